The third-order valence-corrected chi connectivity index (χ3v) is 4.98. The Labute approximate surface area is 200 Å². The van der Waals surface area contributed by atoms with E-state index in [2.05, 4.69) is 22.0 Å². The molecule has 0 saturated carbocycles. The smallest absolute Gasteiger partial charge is 0.348 e. The number of benzene rings is 2. The normalized spacial score (nSPS) is 13.5. The Kier molecular flexibility index (Phi) is 9.44. The van der Waals surface area contributed by atoms with Crippen LogP contribution in [0.2, 0.25) is 10.0 Å². The van der Waals surface area contributed by atoms with Crippen molar-refractivity contribution in [2.24, 2.45) is 9.98 Å². The van der Waals surface area contributed by atoms with Crippen LogP contribution in [0.4, 0.5) is 13.2 Å². The van der Waals surface area contributed by atoms with Gasteiger partial charge in [-0.05, 0) is 67.1 Å². The lowest BCUT2D eigenvalue weighted by Gasteiger charge is -2.18. The molecule has 0 aliphatic carbocycles. The van der Waals surface area contributed by atoms with Gasteiger partial charge in [0, 0.05) is 28.4 Å². The number of amides is 1. The van der Waals surface area contributed by atoms with Crippen molar-refractivity contribution >= 4 is 48.2 Å². The van der Waals surface area contributed by atoms with Crippen LogP contribution in [0.3, 0.4) is 0 Å². The second-order valence-corrected chi connectivity index (χ2v) is 8.13. The van der Waals surface area contributed by atoms with E-state index in [-0.39, 0.29) is 28.1 Å². The van der Waals surface area contributed by atoms with E-state index >= 15 is 0 Å². The standard InChI is InChI=1S/C24H22Cl2F3N3O/c1-15(12-31-14-30-3)13-32-23(33)21-6-4-17(8-16(21)2)5-7-22(24(27,28)29)18-9-19(25)11-20(26)10-18/h4-12,14,22H,3,13H2,1-2H3,(H,32,33)/b7-5+,15-12+,31-14?. The van der Waals surface area contributed by atoms with E-state index in [4.69, 9.17) is 23.2 Å². The van der Waals surface area contributed by atoms with Gasteiger partial charge in [0.15, 0.2) is 0 Å². The van der Waals surface area contributed by atoms with Crippen LogP contribution in [-0.4, -0.2) is 31.7 Å². The molecule has 4 nitrogen and oxygen atoms in total. The van der Waals surface area contributed by atoms with E-state index in [1.807, 2.05) is 0 Å². The molecule has 1 unspecified atom stereocenters. The predicted molar refractivity (Wildman–Crippen MR) is 130 cm³/mol. The SMILES string of the molecule is C=NC=N/C=C(\C)CNC(=O)c1ccc(/C=C/C(c2cc(Cl)cc(Cl)c2)C(F)(F)F)cc1C. The number of hydrogen-bond donors (Lipinski definition) is 1. The van der Waals surface area contributed by atoms with Gasteiger partial charge >= 0.3 is 6.18 Å². The monoisotopic (exact) mass is 495 g/mol. The molecule has 0 aliphatic rings. The summed E-state index contributed by atoms with van der Waals surface area (Å²) in [6, 6.07) is 8.66. The van der Waals surface area contributed by atoms with E-state index in [1.165, 1.54) is 30.6 Å². The molecule has 33 heavy (non-hydrogen) atoms. The van der Waals surface area contributed by atoms with Gasteiger partial charge in [0.25, 0.3) is 5.91 Å². The molecular weight excluding hydrogens is 474 g/mol. The largest absolute Gasteiger partial charge is 0.399 e. The molecule has 1 amide bonds. The first-order valence-electron chi connectivity index (χ1n) is 9.74. The zero-order valence-corrected chi connectivity index (χ0v) is 19.5. The fourth-order valence-corrected chi connectivity index (χ4v) is 3.53. The number of allylic oxidation sites excluding steroid dienone is 1. The van der Waals surface area contributed by atoms with Crippen molar-refractivity contribution in [1.29, 1.82) is 0 Å². The summed E-state index contributed by atoms with van der Waals surface area (Å²) >= 11 is 11.8. The topological polar surface area (TPSA) is 53.8 Å². The van der Waals surface area contributed by atoms with Gasteiger partial charge in [-0.2, -0.15) is 13.2 Å². The molecule has 1 atom stereocenters. The summed E-state index contributed by atoms with van der Waals surface area (Å²) in [5.74, 6) is -2.19. The Morgan fingerprint density at radius 3 is 2.42 bits per heavy atom. The summed E-state index contributed by atoms with van der Waals surface area (Å²) in [5.41, 5.74) is 2.32. The molecule has 0 aromatic heterocycles. The average Bonchev–Trinajstić information content (AvgIpc) is 2.71. The van der Waals surface area contributed by atoms with Gasteiger partial charge in [-0.1, -0.05) is 47.5 Å². The van der Waals surface area contributed by atoms with Crippen LogP contribution in [0.25, 0.3) is 6.08 Å². The molecule has 0 radical (unpaired) electrons. The summed E-state index contributed by atoms with van der Waals surface area (Å²) in [5, 5.41) is 3.02. The molecule has 0 fully saturated rings. The molecular formula is C24H22Cl2F3N3O. The summed E-state index contributed by atoms with van der Waals surface area (Å²) in [6.07, 6.45) is 0.714. The number of nitrogens with zero attached hydrogens (tertiary/aromatic N) is 2. The number of halogens is 5. The Morgan fingerprint density at radius 1 is 1.18 bits per heavy atom. The van der Waals surface area contributed by atoms with Gasteiger partial charge in [-0.3, -0.25) is 9.79 Å². The van der Waals surface area contributed by atoms with Crippen LogP contribution in [0.15, 0.2) is 64.2 Å². The van der Waals surface area contributed by atoms with Gasteiger partial charge in [0.2, 0.25) is 0 Å². The molecule has 9 heteroatoms. The molecule has 1 N–H and O–H groups in total. The fourth-order valence-electron chi connectivity index (χ4n) is 2.98. The highest BCUT2D eigenvalue weighted by molar-refractivity contribution is 6.34. The molecule has 0 spiro atoms. The van der Waals surface area contributed by atoms with Gasteiger partial charge in [-0.25, -0.2) is 4.99 Å². The first-order chi connectivity index (χ1) is 15.5. The lowest BCUT2D eigenvalue weighted by molar-refractivity contribution is -0.139. The maximum atomic E-state index is 13.7. The van der Waals surface area contributed by atoms with E-state index in [0.717, 1.165) is 11.6 Å². The van der Waals surface area contributed by atoms with Crippen LogP contribution in [0, 0.1) is 6.92 Å². The fraction of sp³-hybridized carbons (Fsp3) is 0.208. The zero-order valence-electron chi connectivity index (χ0n) is 18.0. The van der Waals surface area contributed by atoms with Crippen molar-refractivity contribution in [2.45, 2.75) is 25.9 Å². The number of aliphatic imine (C=N–C) groups is 2. The highest BCUT2D eigenvalue weighted by Gasteiger charge is 2.39. The van der Waals surface area contributed by atoms with Crippen LogP contribution in [0.1, 0.15) is 39.9 Å². The second-order valence-electron chi connectivity index (χ2n) is 7.26. The van der Waals surface area contributed by atoms with Crippen molar-refractivity contribution in [1.82, 2.24) is 5.32 Å². The molecule has 2 aromatic rings. The van der Waals surface area contributed by atoms with Crippen LogP contribution in [0.5, 0.6) is 0 Å². The molecule has 0 heterocycles. The van der Waals surface area contributed by atoms with Crippen molar-refractivity contribution in [3.8, 4) is 0 Å². The quantitative estimate of drug-likeness (QED) is 0.310. The average molecular weight is 496 g/mol. The van der Waals surface area contributed by atoms with Gasteiger partial charge < -0.3 is 5.32 Å². The molecule has 2 rings (SSSR count). The molecule has 2 aromatic carbocycles. The van der Waals surface area contributed by atoms with Crippen LogP contribution >= 0.6 is 23.2 Å². The van der Waals surface area contributed by atoms with Crippen molar-refractivity contribution < 1.29 is 18.0 Å². The summed E-state index contributed by atoms with van der Waals surface area (Å²) in [4.78, 5) is 19.8. The first-order valence-corrected chi connectivity index (χ1v) is 10.5. The highest BCUT2D eigenvalue weighted by Crippen LogP contribution is 2.38. The predicted octanol–water partition coefficient (Wildman–Crippen LogP) is 7.02. The zero-order chi connectivity index (χ0) is 24.6. The molecule has 0 saturated heterocycles. The Morgan fingerprint density at radius 2 is 1.85 bits per heavy atom. The molecule has 174 valence electrons. The maximum absolute atomic E-state index is 13.7. The number of nitrogens with one attached hydrogen (secondary N) is 1. The molecule has 0 bridgehead atoms. The number of carbonyl (C=O) groups is 1. The minimum Gasteiger partial charge on any atom is -0.348 e. The van der Waals surface area contributed by atoms with Crippen LogP contribution in [-0.2, 0) is 0 Å². The van der Waals surface area contributed by atoms with E-state index in [9.17, 15) is 18.0 Å². The highest BCUT2D eigenvalue weighted by atomic mass is 35.5. The summed E-state index contributed by atoms with van der Waals surface area (Å²) in [6.45, 7) is 7.07. The number of aryl methyl sites for hydroxylation is 1. The summed E-state index contributed by atoms with van der Waals surface area (Å²) in [7, 11) is 0. The lowest BCUT2D eigenvalue weighted by atomic mass is 9.96. The van der Waals surface area contributed by atoms with Crippen LogP contribution < -0.4 is 5.32 Å². The minimum atomic E-state index is -4.53. The van der Waals surface area contributed by atoms with Crippen molar-refractivity contribution in [3.05, 3.63) is 86.5 Å². The van der Waals surface area contributed by atoms with Gasteiger partial charge in [0.05, 0.1) is 5.92 Å². The van der Waals surface area contributed by atoms with E-state index in [0.29, 0.717) is 16.7 Å². The number of hydrogen-bond acceptors (Lipinski definition) is 2. The number of alkyl halides is 3. The maximum Gasteiger partial charge on any atom is 0.399 e. The second kappa shape index (κ2) is 11.8. The molecule has 0 aliphatic heterocycles. The number of carbonyl (C=O) groups excluding carboxylic acids is 1. The Balaban J connectivity index is 2.19. The Bertz CT molecular complexity index is 1090. The van der Waals surface area contributed by atoms with Gasteiger partial charge in [0.1, 0.15) is 6.34 Å². The van der Waals surface area contributed by atoms with Gasteiger partial charge in [-0.15, -0.1) is 0 Å². The minimum absolute atomic E-state index is 0.0550. The third kappa shape index (κ3) is 8.18. The lowest BCUT2D eigenvalue weighted by Crippen LogP contribution is -2.25. The van der Waals surface area contributed by atoms with Crippen molar-refractivity contribution in [3.63, 3.8) is 0 Å². The van der Waals surface area contributed by atoms with E-state index in [1.54, 1.807) is 38.2 Å². The Hall–Kier alpha value is -2.90. The van der Waals surface area contributed by atoms with E-state index < -0.39 is 12.1 Å². The first kappa shape index (κ1) is 26.4. The third-order valence-electron chi connectivity index (χ3n) is 4.54. The summed E-state index contributed by atoms with van der Waals surface area (Å²) < 4.78 is 41.0. The number of rotatable bonds is 8. The van der Waals surface area contributed by atoms with Crippen molar-refractivity contribution in [2.75, 3.05) is 6.54 Å².